The number of pyridine rings is 1. The number of rotatable bonds is 3. The molecule has 1 N–H and O–H groups in total. The Morgan fingerprint density at radius 1 is 1.08 bits per heavy atom. The van der Waals surface area contributed by atoms with Crippen LogP contribution in [0.1, 0.15) is 23.2 Å². The first-order valence-corrected chi connectivity index (χ1v) is 9.00. The van der Waals surface area contributed by atoms with Crippen LogP contribution in [0, 0.1) is 5.92 Å². The number of benzene rings is 1. The van der Waals surface area contributed by atoms with Crippen molar-refractivity contribution in [2.24, 2.45) is 5.92 Å². The molecular weight excluding hydrogens is 338 g/mol. The maximum absolute atomic E-state index is 12.7. The molecule has 3 saturated heterocycles. The Bertz CT molecular complexity index is 838. The van der Waals surface area contributed by atoms with Gasteiger partial charge in [-0.1, -0.05) is 11.6 Å². The van der Waals surface area contributed by atoms with E-state index in [1.807, 2.05) is 0 Å². The number of hydrogen-bond acceptors (Lipinski definition) is 3. The molecule has 2 aromatic rings. The minimum Gasteiger partial charge on any atom is -0.348 e. The highest BCUT2D eigenvalue weighted by molar-refractivity contribution is 6.30. The summed E-state index contributed by atoms with van der Waals surface area (Å²) < 4.78 is 1.47. The maximum atomic E-state index is 12.7. The van der Waals surface area contributed by atoms with Gasteiger partial charge in [-0.25, -0.2) is 0 Å². The summed E-state index contributed by atoms with van der Waals surface area (Å²) in [6.45, 7) is 3.20. The molecule has 4 heterocycles. The molecule has 1 amide bonds. The Morgan fingerprint density at radius 2 is 1.80 bits per heavy atom. The van der Waals surface area contributed by atoms with E-state index in [2.05, 4.69) is 10.2 Å². The Labute approximate surface area is 151 Å². The Morgan fingerprint density at radius 3 is 2.44 bits per heavy atom. The fourth-order valence-electron chi connectivity index (χ4n) is 3.81. The van der Waals surface area contributed by atoms with Gasteiger partial charge in [0.2, 0.25) is 0 Å². The van der Waals surface area contributed by atoms with E-state index in [0.717, 1.165) is 32.5 Å². The minimum atomic E-state index is -0.179. The van der Waals surface area contributed by atoms with Crippen molar-refractivity contribution in [2.75, 3.05) is 19.6 Å². The molecular formula is C19H20ClN3O2. The smallest absolute Gasteiger partial charge is 0.255 e. The summed E-state index contributed by atoms with van der Waals surface area (Å²) in [7, 11) is 0. The molecule has 3 aliphatic heterocycles. The second-order valence-electron chi connectivity index (χ2n) is 6.82. The number of piperidine rings is 3. The highest BCUT2D eigenvalue weighted by atomic mass is 35.5. The third-order valence-electron chi connectivity index (χ3n) is 5.25. The average molecular weight is 358 g/mol. The predicted molar refractivity (Wildman–Crippen MR) is 97.5 cm³/mol. The van der Waals surface area contributed by atoms with Crippen molar-refractivity contribution >= 4 is 17.5 Å². The van der Waals surface area contributed by atoms with E-state index >= 15 is 0 Å². The summed E-state index contributed by atoms with van der Waals surface area (Å²) in [5.74, 6) is 0.442. The first-order chi connectivity index (χ1) is 12.1. The van der Waals surface area contributed by atoms with Gasteiger partial charge in [-0.05, 0) is 62.2 Å². The fourth-order valence-corrected chi connectivity index (χ4v) is 3.93. The van der Waals surface area contributed by atoms with Gasteiger partial charge in [0.1, 0.15) is 0 Å². The lowest BCUT2D eigenvalue weighted by Gasteiger charge is -2.44. The van der Waals surface area contributed by atoms with E-state index in [9.17, 15) is 9.59 Å². The van der Waals surface area contributed by atoms with Crippen molar-refractivity contribution in [3.63, 3.8) is 0 Å². The fraction of sp³-hybridized carbons (Fsp3) is 0.368. The summed E-state index contributed by atoms with van der Waals surface area (Å²) in [5.41, 5.74) is 1.000. The highest BCUT2D eigenvalue weighted by Gasteiger charge is 2.34. The lowest BCUT2D eigenvalue weighted by molar-refractivity contribution is 0.0620. The van der Waals surface area contributed by atoms with Gasteiger partial charge in [-0.15, -0.1) is 0 Å². The van der Waals surface area contributed by atoms with Gasteiger partial charge in [-0.2, -0.15) is 0 Å². The average Bonchev–Trinajstić information content (AvgIpc) is 2.64. The van der Waals surface area contributed by atoms with Crippen LogP contribution in [-0.4, -0.2) is 41.1 Å². The van der Waals surface area contributed by atoms with Gasteiger partial charge in [0, 0.05) is 35.6 Å². The number of hydrogen-bond donors (Lipinski definition) is 1. The molecule has 1 aromatic heterocycles. The molecule has 0 saturated carbocycles. The normalized spacial score (nSPS) is 24.9. The third-order valence-corrected chi connectivity index (χ3v) is 5.50. The van der Waals surface area contributed by atoms with Crippen LogP contribution in [0.2, 0.25) is 5.02 Å². The van der Waals surface area contributed by atoms with Gasteiger partial charge < -0.3 is 10.2 Å². The minimum absolute atomic E-state index is 0.124. The van der Waals surface area contributed by atoms with Gasteiger partial charge >= 0.3 is 0 Å². The number of aromatic nitrogens is 1. The summed E-state index contributed by atoms with van der Waals surface area (Å²) in [6.07, 6.45) is 3.90. The standard InChI is InChI=1S/C19H20ClN3O2/c20-15-2-4-16(5-3-15)23-11-14(1-6-18(23)24)19(25)21-17-12-22-9-7-13(17)8-10-22/h1-6,11,13,17H,7-10,12H2,(H,21,25)/t17-/m1/s1. The van der Waals surface area contributed by atoms with Crippen LogP contribution >= 0.6 is 11.6 Å². The van der Waals surface area contributed by atoms with Gasteiger partial charge in [0.15, 0.2) is 0 Å². The molecule has 5 nitrogen and oxygen atoms in total. The largest absolute Gasteiger partial charge is 0.348 e. The van der Waals surface area contributed by atoms with Gasteiger partial charge in [-0.3, -0.25) is 14.2 Å². The van der Waals surface area contributed by atoms with Crippen molar-refractivity contribution in [1.29, 1.82) is 0 Å². The Balaban J connectivity index is 1.56. The van der Waals surface area contributed by atoms with Crippen LogP contribution in [0.15, 0.2) is 47.4 Å². The second-order valence-corrected chi connectivity index (χ2v) is 7.26. The summed E-state index contributed by atoms with van der Waals surface area (Å²) in [6, 6.07) is 10.2. The summed E-state index contributed by atoms with van der Waals surface area (Å²) in [5, 5.41) is 3.76. The summed E-state index contributed by atoms with van der Waals surface area (Å²) >= 11 is 5.90. The zero-order valence-electron chi connectivity index (χ0n) is 13.8. The Hall–Kier alpha value is -2.11. The van der Waals surface area contributed by atoms with Crippen LogP contribution in [0.3, 0.4) is 0 Å². The number of nitrogens with zero attached hydrogens (tertiary/aromatic N) is 2. The van der Waals surface area contributed by atoms with Crippen LogP contribution in [0.4, 0.5) is 0 Å². The molecule has 3 aliphatic rings. The van der Waals surface area contributed by atoms with Crippen molar-refractivity contribution in [3.8, 4) is 5.69 Å². The molecule has 1 atom stereocenters. The number of amides is 1. The molecule has 0 radical (unpaired) electrons. The molecule has 2 bridgehead atoms. The van der Waals surface area contributed by atoms with E-state index in [4.69, 9.17) is 11.6 Å². The molecule has 3 fully saturated rings. The SMILES string of the molecule is O=C(N[C@@H]1CN2CCC1CC2)c1ccc(=O)n(-c2ccc(Cl)cc2)c1. The van der Waals surface area contributed by atoms with Crippen LogP contribution < -0.4 is 10.9 Å². The van der Waals surface area contributed by atoms with Crippen molar-refractivity contribution in [2.45, 2.75) is 18.9 Å². The molecule has 1 aromatic carbocycles. The number of carbonyl (C=O) groups excluding carboxylic acids is 1. The molecule has 0 spiro atoms. The van der Waals surface area contributed by atoms with Gasteiger partial charge in [0.05, 0.1) is 5.56 Å². The van der Waals surface area contributed by atoms with Crippen molar-refractivity contribution < 1.29 is 4.79 Å². The quantitative estimate of drug-likeness (QED) is 0.917. The predicted octanol–water partition coefficient (Wildman–Crippen LogP) is 2.31. The first-order valence-electron chi connectivity index (χ1n) is 8.62. The van der Waals surface area contributed by atoms with Crippen molar-refractivity contribution in [1.82, 2.24) is 14.8 Å². The zero-order chi connectivity index (χ0) is 17.4. The summed E-state index contributed by atoms with van der Waals surface area (Å²) in [4.78, 5) is 27.2. The topological polar surface area (TPSA) is 54.3 Å². The molecule has 25 heavy (non-hydrogen) atoms. The molecule has 0 unspecified atom stereocenters. The lowest BCUT2D eigenvalue weighted by atomic mass is 9.84. The third kappa shape index (κ3) is 3.34. The molecule has 130 valence electrons. The number of nitrogens with one attached hydrogen (secondary N) is 1. The number of carbonyl (C=O) groups is 1. The van der Waals surface area contributed by atoms with Gasteiger partial charge in [0.25, 0.3) is 11.5 Å². The van der Waals surface area contributed by atoms with Crippen LogP contribution in [-0.2, 0) is 0 Å². The highest BCUT2D eigenvalue weighted by Crippen LogP contribution is 2.27. The van der Waals surface area contributed by atoms with Crippen molar-refractivity contribution in [3.05, 3.63) is 63.5 Å². The van der Waals surface area contributed by atoms with E-state index in [1.165, 1.54) is 10.6 Å². The molecule has 6 heteroatoms. The monoisotopic (exact) mass is 357 g/mol. The van der Waals surface area contributed by atoms with Crippen LogP contribution in [0.5, 0.6) is 0 Å². The van der Waals surface area contributed by atoms with E-state index in [1.54, 1.807) is 36.5 Å². The second kappa shape index (κ2) is 6.65. The van der Waals surface area contributed by atoms with E-state index < -0.39 is 0 Å². The maximum Gasteiger partial charge on any atom is 0.255 e. The number of fused-ring (bicyclic) bond motifs is 3. The zero-order valence-corrected chi connectivity index (χ0v) is 14.6. The number of halogens is 1. The first kappa shape index (κ1) is 16.4. The van der Waals surface area contributed by atoms with E-state index in [-0.39, 0.29) is 17.5 Å². The Kier molecular flexibility index (Phi) is 4.36. The molecule has 0 aliphatic carbocycles. The van der Waals surface area contributed by atoms with E-state index in [0.29, 0.717) is 22.2 Å². The molecule has 5 rings (SSSR count). The van der Waals surface area contributed by atoms with Crippen LogP contribution in [0.25, 0.3) is 5.69 Å². The lowest BCUT2D eigenvalue weighted by Crippen LogP contribution is -2.57.